The summed E-state index contributed by atoms with van der Waals surface area (Å²) in [7, 11) is 1.53. The quantitative estimate of drug-likeness (QED) is 0.292. The van der Waals surface area contributed by atoms with E-state index in [1.807, 2.05) is 0 Å². The molecule has 0 aliphatic carbocycles. The Kier molecular flexibility index (Phi) is 5.50. The Bertz CT molecular complexity index is 1060. The topological polar surface area (TPSA) is 107 Å². The fourth-order valence-electron chi connectivity index (χ4n) is 2.68. The second kappa shape index (κ2) is 8.17. The number of aromatic hydroxyl groups is 1. The van der Waals surface area contributed by atoms with Crippen LogP contribution in [0.5, 0.6) is 11.5 Å². The first-order valence-corrected chi connectivity index (χ1v) is 8.32. The lowest BCUT2D eigenvalue weighted by Crippen LogP contribution is -2.02. The molecule has 2 aromatic carbocycles. The van der Waals surface area contributed by atoms with Crippen molar-refractivity contribution in [1.29, 1.82) is 0 Å². The van der Waals surface area contributed by atoms with Gasteiger partial charge in [0.2, 0.25) is 0 Å². The number of rotatable bonds is 7. The number of allylic oxidation sites excluding steroid dienone is 1. The largest absolute Gasteiger partial charge is 0.507 e. The standard InChI is InChI=1S/C20H17N3O5/c1-28-20-9-7-14(6-8-19(25)17-4-2-3-5-18(17)24)10-15(20)12-22-13-16(11-21-22)23(26)27/h2-11,13,24H,12H2,1H3/b8-6+. The van der Waals surface area contributed by atoms with Crippen molar-refractivity contribution >= 4 is 17.5 Å². The molecule has 142 valence electrons. The van der Waals surface area contributed by atoms with Gasteiger partial charge in [-0.25, -0.2) is 0 Å². The number of benzene rings is 2. The first-order chi connectivity index (χ1) is 13.5. The van der Waals surface area contributed by atoms with Gasteiger partial charge < -0.3 is 9.84 Å². The first kappa shape index (κ1) is 18.8. The molecule has 3 aromatic rings. The van der Waals surface area contributed by atoms with Crippen molar-refractivity contribution in [3.63, 3.8) is 0 Å². The number of methoxy groups -OCH3 is 1. The van der Waals surface area contributed by atoms with E-state index in [9.17, 15) is 20.0 Å². The first-order valence-electron chi connectivity index (χ1n) is 8.32. The van der Waals surface area contributed by atoms with Crippen LogP contribution in [0.3, 0.4) is 0 Å². The highest BCUT2D eigenvalue weighted by Gasteiger charge is 2.11. The van der Waals surface area contributed by atoms with Crippen molar-refractivity contribution in [3.8, 4) is 11.5 Å². The lowest BCUT2D eigenvalue weighted by atomic mass is 10.1. The van der Waals surface area contributed by atoms with Gasteiger partial charge in [-0.3, -0.25) is 19.6 Å². The van der Waals surface area contributed by atoms with Crippen molar-refractivity contribution in [2.24, 2.45) is 0 Å². The predicted molar refractivity (Wildman–Crippen MR) is 102 cm³/mol. The lowest BCUT2D eigenvalue weighted by Gasteiger charge is -2.09. The van der Waals surface area contributed by atoms with Crippen molar-refractivity contribution in [1.82, 2.24) is 9.78 Å². The Morgan fingerprint density at radius 2 is 2.11 bits per heavy atom. The van der Waals surface area contributed by atoms with E-state index in [-0.39, 0.29) is 29.3 Å². The van der Waals surface area contributed by atoms with E-state index in [1.165, 1.54) is 36.3 Å². The van der Waals surface area contributed by atoms with Crippen molar-refractivity contribution in [2.45, 2.75) is 6.54 Å². The van der Waals surface area contributed by atoms with E-state index >= 15 is 0 Å². The second-order valence-corrected chi connectivity index (χ2v) is 5.94. The summed E-state index contributed by atoms with van der Waals surface area (Å²) in [6, 6.07) is 11.7. The SMILES string of the molecule is COc1ccc(/C=C/C(=O)c2ccccc2O)cc1Cn1cc([N+](=O)[O-])cn1. The van der Waals surface area contributed by atoms with Gasteiger partial charge in [-0.1, -0.05) is 24.3 Å². The average Bonchev–Trinajstić information content (AvgIpc) is 3.15. The molecule has 1 heterocycles. The minimum Gasteiger partial charge on any atom is -0.507 e. The van der Waals surface area contributed by atoms with Gasteiger partial charge in [0, 0.05) is 5.56 Å². The molecule has 0 bridgehead atoms. The Labute approximate surface area is 160 Å². The normalized spacial score (nSPS) is 10.9. The molecule has 0 radical (unpaired) electrons. The number of aromatic nitrogens is 2. The average molecular weight is 379 g/mol. The molecule has 0 aliphatic heterocycles. The van der Waals surface area contributed by atoms with Crippen LogP contribution < -0.4 is 4.74 Å². The number of phenols is 1. The molecule has 8 nitrogen and oxygen atoms in total. The Hall–Kier alpha value is -3.94. The Morgan fingerprint density at radius 3 is 2.79 bits per heavy atom. The monoisotopic (exact) mass is 379 g/mol. The van der Waals surface area contributed by atoms with E-state index < -0.39 is 4.92 Å². The highest BCUT2D eigenvalue weighted by Crippen LogP contribution is 2.23. The third-order valence-corrected chi connectivity index (χ3v) is 4.06. The summed E-state index contributed by atoms with van der Waals surface area (Å²) < 4.78 is 6.78. The number of nitrogens with zero attached hydrogens (tertiary/aromatic N) is 3. The molecule has 0 aliphatic rings. The minimum atomic E-state index is -0.509. The van der Waals surface area contributed by atoms with Crippen molar-refractivity contribution in [2.75, 3.05) is 7.11 Å². The molecule has 0 amide bonds. The molecule has 0 atom stereocenters. The molecule has 0 fully saturated rings. The zero-order chi connectivity index (χ0) is 20.1. The number of phenolic OH excluding ortho intramolecular Hbond substituents is 1. The van der Waals surface area contributed by atoms with Gasteiger partial charge in [0.25, 0.3) is 0 Å². The highest BCUT2D eigenvalue weighted by molar-refractivity contribution is 6.08. The molecule has 0 spiro atoms. The molecule has 0 saturated heterocycles. The van der Waals surface area contributed by atoms with Crippen molar-refractivity contribution < 1.29 is 19.6 Å². The fraction of sp³-hybridized carbons (Fsp3) is 0.100. The summed E-state index contributed by atoms with van der Waals surface area (Å²) in [6.45, 7) is 0.270. The minimum absolute atomic E-state index is 0.0761. The molecule has 3 rings (SSSR count). The van der Waals surface area contributed by atoms with Crippen LogP contribution in [0, 0.1) is 10.1 Å². The second-order valence-electron chi connectivity index (χ2n) is 5.94. The van der Waals surface area contributed by atoms with Crippen LogP contribution in [0.15, 0.2) is 60.9 Å². The summed E-state index contributed by atoms with van der Waals surface area (Å²) in [5.74, 6) is 0.202. The van der Waals surface area contributed by atoms with E-state index in [1.54, 1.807) is 42.5 Å². The summed E-state index contributed by atoms with van der Waals surface area (Å²) in [4.78, 5) is 22.5. The molecule has 1 aromatic heterocycles. The van der Waals surface area contributed by atoms with Gasteiger partial charge >= 0.3 is 5.69 Å². The molecule has 0 saturated carbocycles. The van der Waals surface area contributed by atoms with Crippen LogP contribution in [-0.4, -0.2) is 32.7 Å². The van der Waals surface area contributed by atoms with Crippen LogP contribution in [0.4, 0.5) is 5.69 Å². The molecule has 1 N–H and O–H groups in total. The molecule has 0 unspecified atom stereocenters. The highest BCUT2D eigenvalue weighted by atomic mass is 16.6. The van der Waals surface area contributed by atoms with E-state index in [0.29, 0.717) is 5.75 Å². The van der Waals surface area contributed by atoms with Gasteiger partial charge in [0.15, 0.2) is 5.78 Å². The molecule has 28 heavy (non-hydrogen) atoms. The smallest absolute Gasteiger partial charge is 0.307 e. The van der Waals surface area contributed by atoms with E-state index in [2.05, 4.69) is 5.10 Å². The van der Waals surface area contributed by atoms with Crippen molar-refractivity contribution in [3.05, 3.63) is 87.7 Å². The number of ketones is 1. The number of para-hydroxylation sites is 1. The fourth-order valence-corrected chi connectivity index (χ4v) is 2.68. The number of hydrogen-bond acceptors (Lipinski definition) is 6. The summed E-state index contributed by atoms with van der Waals surface area (Å²) in [5.41, 5.74) is 1.61. The summed E-state index contributed by atoms with van der Waals surface area (Å²) in [5, 5.41) is 24.6. The third-order valence-electron chi connectivity index (χ3n) is 4.06. The number of ether oxygens (including phenoxy) is 1. The van der Waals surface area contributed by atoms with Gasteiger partial charge in [-0.05, 0) is 35.9 Å². The van der Waals surface area contributed by atoms with Crippen LogP contribution in [-0.2, 0) is 6.54 Å². The maximum atomic E-state index is 12.3. The zero-order valence-electron chi connectivity index (χ0n) is 15.0. The van der Waals surface area contributed by atoms with E-state index in [0.717, 1.165) is 11.1 Å². The lowest BCUT2D eigenvalue weighted by molar-refractivity contribution is -0.385. The summed E-state index contributed by atoms with van der Waals surface area (Å²) >= 11 is 0. The third kappa shape index (κ3) is 4.24. The Morgan fingerprint density at radius 1 is 1.32 bits per heavy atom. The summed E-state index contributed by atoms with van der Waals surface area (Å²) in [6.07, 6.45) is 5.52. The van der Waals surface area contributed by atoms with Crippen LogP contribution >= 0.6 is 0 Å². The predicted octanol–water partition coefficient (Wildman–Crippen LogP) is 3.45. The van der Waals surface area contributed by atoms with Crippen LogP contribution in [0.2, 0.25) is 0 Å². The van der Waals surface area contributed by atoms with Gasteiger partial charge in [-0.2, -0.15) is 5.10 Å². The van der Waals surface area contributed by atoms with Crippen LogP contribution in [0.25, 0.3) is 6.08 Å². The Balaban J connectivity index is 1.83. The molecular formula is C20H17N3O5. The maximum absolute atomic E-state index is 12.3. The van der Waals surface area contributed by atoms with Gasteiger partial charge in [0.05, 0.1) is 24.1 Å². The van der Waals surface area contributed by atoms with Gasteiger partial charge in [-0.15, -0.1) is 0 Å². The van der Waals surface area contributed by atoms with Gasteiger partial charge in [0.1, 0.15) is 23.9 Å². The zero-order valence-corrected chi connectivity index (χ0v) is 15.0. The number of carbonyl (C=O) groups is 1. The molecule has 8 heteroatoms. The number of nitro groups is 1. The van der Waals surface area contributed by atoms with E-state index in [4.69, 9.17) is 4.74 Å². The molecular weight excluding hydrogens is 362 g/mol. The number of hydrogen-bond donors (Lipinski definition) is 1. The maximum Gasteiger partial charge on any atom is 0.307 e. The van der Waals surface area contributed by atoms with Crippen LogP contribution in [0.1, 0.15) is 21.5 Å². The number of carbonyl (C=O) groups excluding carboxylic acids is 1.